The molecular formula is C12H11F3N2O2. The molecule has 1 heterocycles. The highest BCUT2D eigenvalue weighted by atomic mass is 19.4. The van der Waals surface area contributed by atoms with Crippen LogP contribution in [0.15, 0.2) is 28.8 Å². The van der Waals surface area contributed by atoms with E-state index >= 15 is 0 Å². The average molecular weight is 272 g/mol. The second-order valence-electron chi connectivity index (χ2n) is 4.10. The first-order valence-electron chi connectivity index (χ1n) is 5.53. The molecule has 0 radical (unpaired) electrons. The maximum atomic E-state index is 12.5. The summed E-state index contributed by atoms with van der Waals surface area (Å²) < 4.78 is 42.4. The van der Waals surface area contributed by atoms with Gasteiger partial charge in [0, 0.05) is 0 Å². The number of nitrogens with zero attached hydrogens (tertiary/aromatic N) is 2. The molecule has 4 nitrogen and oxygen atoms in total. The molecule has 102 valence electrons. The number of aromatic nitrogens is 2. The second kappa shape index (κ2) is 5.00. The number of halogens is 3. The summed E-state index contributed by atoms with van der Waals surface area (Å²) in [7, 11) is 0. The van der Waals surface area contributed by atoms with Crippen molar-refractivity contribution in [1.82, 2.24) is 10.1 Å². The van der Waals surface area contributed by atoms with E-state index in [0.29, 0.717) is 5.56 Å². The molecule has 7 heteroatoms. The summed E-state index contributed by atoms with van der Waals surface area (Å²) >= 11 is 0. The number of rotatable bonds is 3. The van der Waals surface area contributed by atoms with Crippen LogP contribution in [0, 0.1) is 0 Å². The summed E-state index contributed by atoms with van der Waals surface area (Å²) in [5.41, 5.74) is -0.309. The van der Waals surface area contributed by atoms with Gasteiger partial charge in [0.1, 0.15) is 6.10 Å². The van der Waals surface area contributed by atoms with E-state index in [0.717, 1.165) is 12.1 Å². The van der Waals surface area contributed by atoms with Gasteiger partial charge in [-0.1, -0.05) is 23.4 Å². The molecule has 0 fully saturated rings. The van der Waals surface area contributed by atoms with Crippen LogP contribution in [0.1, 0.15) is 35.9 Å². The Balaban J connectivity index is 2.19. The third kappa shape index (κ3) is 3.31. The Morgan fingerprint density at radius 1 is 1.37 bits per heavy atom. The van der Waals surface area contributed by atoms with E-state index in [1.807, 2.05) is 0 Å². The average Bonchev–Trinajstić information content (AvgIpc) is 2.77. The SMILES string of the molecule is CC(O)c1noc(Cc2cccc(C(F)(F)F)c2)n1. The van der Waals surface area contributed by atoms with Gasteiger partial charge in [-0.15, -0.1) is 0 Å². The van der Waals surface area contributed by atoms with E-state index in [1.165, 1.54) is 13.0 Å². The molecule has 2 rings (SSSR count). The number of hydrogen-bond acceptors (Lipinski definition) is 4. The maximum absolute atomic E-state index is 12.5. The van der Waals surface area contributed by atoms with Crippen molar-refractivity contribution >= 4 is 0 Å². The van der Waals surface area contributed by atoms with E-state index in [1.54, 1.807) is 6.07 Å². The lowest BCUT2D eigenvalue weighted by Gasteiger charge is -2.07. The van der Waals surface area contributed by atoms with Gasteiger partial charge in [0.2, 0.25) is 5.89 Å². The van der Waals surface area contributed by atoms with E-state index in [-0.39, 0.29) is 18.1 Å². The lowest BCUT2D eigenvalue weighted by atomic mass is 10.1. The topological polar surface area (TPSA) is 59.2 Å². The molecule has 1 N–H and O–H groups in total. The smallest absolute Gasteiger partial charge is 0.385 e. The van der Waals surface area contributed by atoms with Gasteiger partial charge in [-0.3, -0.25) is 0 Å². The lowest BCUT2D eigenvalue weighted by molar-refractivity contribution is -0.137. The van der Waals surface area contributed by atoms with Crippen LogP contribution in [-0.4, -0.2) is 15.2 Å². The molecule has 0 saturated carbocycles. The fourth-order valence-corrected chi connectivity index (χ4v) is 1.54. The first-order valence-corrected chi connectivity index (χ1v) is 5.53. The molecule has 0 aliphatic heterocycles. The molecule has 1 aromatic carbocycles. The molecule has 1 unspecified atom stereocenters. The Hall–Kier alpha value is -1.89. The summed E-state index contributed by atoms with van der Waals surface area (Å²) in [4.78, 5) is 3.89. The molecule has 0 aliphatic carbocycles. The van der Waals surface area contributed by atoms with Crippen LogP contribution in [0.3, 0.4) is 0 Å². The van der Waals surface area contributed by atoms with Crippen LogP contribution in [-0.2, 0) is 12.6 Å². The lowest BCUT2D eigenvalue weighted by Crippen LogP contribution is -2.05. The molecule has 1 aromatic heterocycles. The molecule has 0 saturated heterocycles. The molecule has 1 atom stereocenters. The molecule has 0 spiro atoms. The predicted octanol–water partition coefficient (Wildman–Crippen LogP) is 2.73. The van der Waals surface area contributed by atoms with Crippen molar-refractivity contribution in [2.24, 2.45) is 0 Å². The van der Waals surface area contributed by atoms with Gasteiger partial charge in [0.15, 0.2) is 5.82 Å². The summed E-state index contributed by atoms with van der Waals surface area (Å²) in [6.45, 7) is 1.47. The highest BCUT2D eigenvalue weighted by Crippen LogP contribution is 2.29. The first-order chi connectivity index (χ1) is 8.86. The van der Waals surface area contributed by atoms with Crippen molar-refractivity contribution in [2.45, 2.75) is 25.6 Å². The highest BCUT2D eigenvalue weighted by Gasteiger charge is 2.30. The number of benzene rings is 1. The van der Waals surface area contributed by atoms with E-state index < -0.39 is 17.8 Å². The Morgan fingerprint density at radius 2 is 2.11 bits per heavy atom. The zero-order valence-corrected chi connectivity index (χ0v) is 9.98. The second-order valence-corrected chi connectivity index (χ2v) is 4.10. The number of aliphatic hydroxyl groups excluding tert-OH is 1. The van der Waals surface area contributed by atoms with E-state index in [4.69, 9.17) is 4.52 Å². The van der Waals surface area contributed by atoms with Gasteiger partial charge in [-0.05, 0) is 18.6 Å². The van der Waals surface area contributed by atoms with Crippen LogP contribution >= 0.6 is 0 Å². The van der Waals surface area contributed by atoms with Crippen molar-refractivity contribution in [3.05, 3.63) is 47.1 Å². The van der Waals surface area contributed by atoms with Gasteiger partial charge in [0.05, 0.1) is 12.0 Å². The largest absolute Gasteiger partial charge is 0.416 e. The van der Waals surface area contributed by atoms with Crippen LogP contribution in [0.5, 0.6) is 0 Å². The summed E-state index contributed by atoms with van der Waals surface area (Å²) in [6, 6.07) is 4.90. The Morgan fingerprint density at radius 3 is 2.68 bits per heavy atom. The molecule has 0 bridgehead atoms. The fraction of sp³-hybridized carbons (Fsp3) is 0.333. The minimum Gasteiger partial charge on any atom is -0.385 e. The molecule has 0 aliphatic rings. The van der Waals surface area contributed by atoms with E-state index in [9.17, 15) is 18.3 Å². The fourth-order valence-electron chi connectivity index (χ4n) is 1.54. The quantitative estimate of drug-likeness (QED) is 0.933. The van der Waals surface area contributed by atoms with Gasteiger partial charge in [-0.25, -0.2) is 0 Å². The minimum atomic E-state index is -4.38. The van der Waals surface area contributed by atoms with Crippen molar-refractivity contribution in [3.63, 3.8) is 0 Å². The van der Waals surface area contributed by atoms with Crippen molar-refractivity contribution in [3.8, 4) is 0 Å². The number of hydrogen-bond donors (Lipinski definition) is 1. The van der Waals surface area contributed by atoms with Crippen LogP contribution < -0.4 is 0 Å². The van der Waals surface area contributed by atoms with Crippen molar-refractivity contribution in [2.75, 3.05) is 0 Å². The zero-order chi connectivity index (χ0) is 14.0. The Kier molecular flexibility index (Phi) is 3.57. The standard InChI is InChI=1S/C12H11F3N2O2/c1-7(18)11-16-10(19-17-11)6-8-3-2-4-9(5-8)12(13,14)15/h2-5,7,18H,6H2,1H3. The van der Waals surface area contributed by atoms with Crippen LogP contribution in [0.4, 0.5) is 13.2 Å². The normalized spacial score (nSPS) is 13.5. The van der Waals surface area contributed by atoms with Crippen LogP contribution in [0.2, 0.25) is 0 Å². The predicted molar refractivity (Wildman–Crippen MR) is 59.2 cm³/mol. The third-order valence-corrected chi connectivity index (χ3v) is 2.47. The highest BCUT2D eigenvalue weighted by molar-refractivity contribution is 5.27. The Labute approximate surface area is 106 Å². The maximum Gasteiger partial charge on any atom is 0.416 e. The third-order valence-electron chi connectivity index (χ3n) is 2.47. The van der Waals surface area contributed by atoms with Gasteiger partial charge >= 0.3 is 6.18 Å². The summed E-state index contributed by atoms with van der Waals surface area (Å²) in [5.74, 6) is 0.275. The summed E-state index contributed by atoms with van der Waals surface area (Å²) in [6.07, 6.45) is -5.17. The Bertz CT molecular complexity index is 564. The summed E-state index contributed by atoms with van der Waals surface area (Å²) in [5, 5.41) is 12.7. The molecule has 19 heavy (non-hydrogen) atoms. The van der Waals surface area contributed by atoms with Gasteiger partial charge in [-0.2, -0.15) is 18.2 Å². The number of aliphatic hydroxyl groups is 1. The molecular weight excluding hydrogens is 261 g/mol. The molecule has 2 aromatic rings. The zero-order valence-electron chi connectivity index (χ0n) is 9.98. The minimum absolute atomic E-state index is 0.0869. The van der Waals surface area contributed by atoms with Gasteiger partial charge < -0.3 is 9.63 Å². The van der Waals surface area contributed by atoms with Crippen molar-refractivity contribution in [1.29, 1.82) is 0 Å². The molecule has 0 amide bonds. The van der Waals surface area contributed by atoms with Crippen LogP contribution in [0.25, 0.3) is 0 Å². The van der Waals surface area contributed by atoms with Gasteiger partial charge in [0.25, 0.3) is 0 Å². The van der Waals surface area contributed by atoms with Crippen molar-refractivity contribution < 1.29 is 22.8 Å². The number of alkyl halides is 3. The first kappa shape index (κ1) is 13.5. The van der Waals surface area contributed by atoms with E-state index in [2.05, 4.69) is 10.1 Å². The monoisotopic (exact) mass is 272 g/mol.